The number of rotatable bonds is 4. The lowest BCUT2D eigenvalue weighted by molar-refractivity contribution is -0.918. The molecule has 3 nitrogen and oxygen atoms in total. The van der Waals surface area contributed by atoms with Crippen LogP contribution in [0.5, 0.6) is 0 Å². The first kappa shape index (κ1) is 15.1. The molecule has 1 saturated heterocycles. The van der Waals surface area contributed by atoms with Gasteiger partial charge < -0.3 is 4.90 Å². The molecule has 22 heavy (non-hydrogen) atoms. The van der Waals surface area contributed by atoms with Gasteiger partial charge in [-0.3, -0.25) is 5.01 Å². The number of nitrogens with one attached hydrogen (secondary N) is 1. The zero-order chi connectivity index (χ0) is 15.2. The summed E-state index contributed by atoms with van der Waals surface area (Å²) in [4.78, 5) is 1.63. The smallest absolute Gasteiger partial charge is 0.103 e. The first-order valence-corrected chi connectivity index (χ1v) is 8.09. The molecule has 114 valence electrons. The van der Waals surface area contributed by atoms with E-state index in [-0.39, 0.29) is 0 Å². The fraction of sp³-hybridized carbons (Fsp3) is 0.278. The Hall–Kier alpha value is -1.84. The monoisotopic (exact) mass is 314 g/mol. The molecule has 1 heterocycles. The van der Waals surface area contributed by atoms with Crippen LogP contribution in [-0.4, -0.2) is 37.4 Å². The summed E-state index contributed by atoms with van der Waals surface area (Å²) in [5.41, 5.74) is 2.50. The predicted molar refractivity (Wildman–Crippen MR) is 91.5 cm³/mol. The number of quaternary nitrogens is 1. The van der Waals surface area contributed by atoms with Crippen molar-refractivity contribution in [2.24, 2.45) is 5.10 Å². The minimum absolute atomic E-state index is 0.760. The van der Waals surface area contributed by atoms with Crippen LogP contribution in [0.3, 0.4) is 0 Å². The highest BCUT2D eigenvalue weighted by molar-refractivity contribution is 6.30. The van der Waals surface area contributed by atoms with Crippen molar-refractivity contribution in [3.63, 3.8) is 0 Å². The van der Waals surface area contributed by atoms with Gasteiger partial charge >= 0.3 is 0 Å². The van der Waals surface area contributed by atoms with Crippen molar-refractivity contribution in [1.29, 1.82) is 0 Å². The Morgan fingerprint density at radius 2 is 1.68 bits per heavy atom. The van der Waals surface area contributed by atoms with Crippen LogP contribution in [0.2, 0.25) is 5.02 Å². The molecule has 2 aromatic rings. The molecule has 0 amide bonds. The number of halogens is 1. The van der Waals surface area contributed by atoms with E-state index in [1.165, 1.54) is 5.56 Å². The average Bonchev–Trinajstić information content (AvgIpc) is 2.57. The van der Waals surface area contributed by atoms with E-state index >= 15 is 0 Å². The Morgan fingerprint density at radius 1 is 1.00 bits per heavy atom. The molecule has 0 saturated carbocycles. The Balaban J connectivity index is 1.48. The van der Waals surface area contributed by atoms with Gasteiger partial charge in [0, 0.05) is 10.6 Å². The topological polar surface area (TPSA) is 20.0 Å². The fourth-order valence-electron chi connectivity index (χ4n) is 2.69. The highest BCUT2D eigenvalue weighted by atomic mass is 35.5. The predicted octanol–water partition coefficient (Wildman–Crippen LogP) is 2.07. The highest BCUT2D eigenvalue weighted by Gasteiger charge is 2.18. The second-order valence-corrected chi connectivity index (χ2v) is 6.10. The summed E-state index contributed by atoms with van der Waals surface area (Å²) in [6, 6.07) is 18.5. The standard InChI is InChI=1S/C18H20ClN3/c19-18-8-6-16(7-9-18)14-20-22-12-10-21(11-13-22)15-17-4-2-1-3-5-17/h1-9,14H,10-13,15H2/p+1/b20-14+. The van der Waals surface area contributed by atoms with Crippen molar-refractivity contribution in [1.82, 2.24) is 5.01 Å². The van der Waals surface area contributed by atoms with Crippen molar-refractivity contribution in [3.8, 4) is 0 Å². The molecular weight excluding hydrogens is 294 g/mol. The van der Waals surface area contributed by atoms with E-state index in [9.17, 15) is 0 Å². The largest absolute Gasteiger partial charge is 0.328 e. The number of hydrogen-bond acceptors (Lipinski definition) is 2. The van der Waals surface area contributed by atoms with Crippen LogP contribution in [-0.2, 0) is 6.54 Å². The molecule has 3 rings (SSSR count). The van der Waals surface area contributed by atoms with Crippen molar-refractivity contribution >= 4 is 17.8 Å². The quantitative estimate of drug-likeness (QED) is 0.857. The third-order valence-electron chi connectivity index (χ3n) is 3.98. The Kier molecular flexibility index (Phi) is 5.09. The van der Waals surface area contributed by atoms with Crippen LogP contribution < -0.4 is 4.90 Å². The van der Waals surface area contributed by atoms with Crippen LogP contribution in [0, 0.1) is 0 Å². The summed E-state index contributed by atoms with van der Waals surface area (Å²) in [5, 5.41) is 7.49. The van der Waals surface area contributed by atoms with Gasteiger partial charge in [0.15, 0.2) is 0 Å². The van der Waals surface area contributed by atoms with E-state index < -0.39 is 0 Å². The molecule has 1 fully saturated rings. The Labute approximate surface area is 136 Å². The Bertz CT molecular complexity index is 602. The minimum Gasteiger partial charge on any atom is -0.328 e. The van der Waals surface area contributed by atoms with Gasteiger partial charge in [0.05, 0.1) is 32.4 Å². The molecule has 0 unspecified atom stereocenters. The second kappa shape index (κ2) is 7.43. The first-order chi connectivity index (χ1) is 10.8. The van der Waals surface area contributed by atoms with Crippen LogP contribution in [0.15, 0.2) is 59.7 Å². The van der Waals surface area contributed by atoms with E-state index in [2.05, 4.69) is 40.4 Å². The maximum atomic E-state index is 5.89. The second-order valence-electron chi connectivity index (χ2n) is 5.66. The summed E-state index contributed by atoms with van der Waals surface area (Å²) in [6.45, 7) is 5.38. The first-order valence-electron chi connectivity index (χ1n) is 7.71. The minimum atomic E-state index is 0.760. The third-order valence-corrected chi connectivity index (χ3v) is 4.24. The number of nitrogens with zero attached hydrogens (tertiary/aromatic N) is 2. The lowest BCUT2D eigenvalue weighted by Gasteiger charge is -2.30. The van der Waals surface area contributed by atoms with Crippen molar-refractivity contribution in [2.45, 2.75) is 6.54 Å². The van der Waals surface area contributed by atoms with Crippen molar-refractivity contribution in [3.05, 3.63) is 70.7 Å². The van der Waals surface area contributed by atoms with E-state index in [1.54, 1.807) is 4.90 Å². The number of piperazine rings is 1. The van der Waals surface area contributed by atoms with Gasteiger partial charge in [-0.2, -0.15) is 5.10 Å². The number of hydrazone groups is 1. The highest BCUT2D eigenvalue weighted by Crippen LogP contribution is 2.08. The maximum absolute atomic E-state index is 5.89. The summed E-state index contributed by atoms with van der Waals surface area (Å²) < 4.78 is 0. The summed E-state index contributed by atoms with van der Waals surface area (Å²) in [6.07, 6.45) is 1.92. The van der Waals surface area contributed by atoms with Gasteiger partial charge in [-0.15, -0.1) is 0 Å². The fourth-order valence-corrected chi connectivity index (χ4v) is 2.81. The Morgan fingerprint density at radius 3 is 2.36 bits per heavy atom. The summed E-state index contributed by atoms with van der Waals surface area (Å²) in [5.74, 6) is 0. The van der Waals surface area contributed by atoms with Gasteiger partial charge in [-0.05, 0) is 17.7 Å². The van der Waals surface area contributed by atoms with Crippen molar-refractivity contribution < 1.29 is 4.90 Å². The molecule has 4 heteroatoms. The zero-order valence-corrected chi connectivity index (χ0v) is 13.3. The van der Waals surface area contributed by atoms with Gasteiger partial charge in [-0.1, -0.05) is 54.1 Å². The SMILES string of the molecule is Clc1ccc(/C=N/N2CC[NH+](Cc3ccccc3)CC2)cc1. The molecule has 0 atom stereocenters. The van der Waals surface area contributed by atoms with Crippen LogP contribution >= 0.6 is 11.6 Å². The van der Waals surface area contributed by atoms with Gasteiger partial charge in [-0.25, -0.2) is 0 Å². The van der Waals surface area contributed by atoms with Crippen LogP contribution in [0.4, 0.5) is 0 Å². The molecule has 1 aliphatic rings. The normalized spacial score (nSPS) is 16.3. The van der Waals surface area contributed by atoms with Crippen molar-refractivity contribution in [2.75, 3.05) is 26.2 Å². The number of benzene rings is 2. The maximum Gasteiger partial charge on any atom is 0.103 e. The summed E-state index contributed by atoms with van der Waals surface area (Å²) >= 11 is 5.89. The molecule has 0 radical (unpaired) electrons. The van der Waals surface area contributed by atoms with E-state index in [1.807, 2.05) is 30.5 Å². The van der Waals surface area contributed by atoms with Crippen LogP contribution in [0.1, 0.15) is 11.1 Å². The lowest BCUT2D eigenvalue weighted by atomic mass is 10.2. The van der Waals surface area contributed by atoms with E-state index in [4.69, 9.17) is 11.6 Å². The van der Waals surface area contributed by atoms with Gasteiger partial charge in [0.1, 0.15) is 6.54 Å². The van der Waals surface area contributed by atoms with E-state index in [0.717, 1.165) is 43.3 Å². The molecule has 1 aliphatic heterocycles. The molecular formula is C18H21ClN3+. The molecule has 0 bridgehead atoms. The third kappa shape index (κ3) is 4.33. The molecule has 1 N–H and O–H groups in total. The van der Waals surface area contributed by atoms with Crippen LogP contribution in [0.25, 0.3) is 0 Å². The molecule has 0 aliphatic carbocycles. The molecule has 2 aromatic carbocycles. The zero-order valence-electron chi connectivity index (χ0n) is 12.6. The lowest BCUT2D eigenvalue weighted by Crippen LogP contribution is -3.13. The molecule has 0 aromatic heterocycles. The summed E-state index contributed by atoms with van der Waals surface area (Å²) in [7, 11) is 0. The van der Waals surface area contributed by atoms with Gasteiger partial charge in [0.2, 0.25) is 0 Å². The average molecular weight is 315 g/mol. The van der Waals surface area contributed by atoms with E-state index in [0.29, 0.717) is 0 Å². The van der Waals surface area contributed by atoms with Gasteiger partial charge in [0.25, 0.3) is 0 Å². The molecule has 0 spiro atoms. The number of hydrogen-bond donors (Lipinski definition) is 1.